The maximum absolute atomic E-state index is 8.72. The Morgan fingerprint density at radius 2 is 2.50 bits per heavy atom. The fourth-order valence-corrected chi connectivity index (χ4v) is 1.36. The van der Waals surface area contributed by atoms with E-state index in [2.05, 4.69) is 6.58 Å². The van der Waals surface area contributed by atoms with Gasteiger partial charge in [0.1, 0.15) is 0 Å². The Kier molecular flexibility index (Phi) is 4.29. The number of aliphatic hydroxyl groups is 1. The standard InChI is InChI=1S/C9H16O3/c1-2-8(3-5-10)7-9-4-6-11-12-9/h2,8-10H,1,3-7H2. The van der Waals surface area contributed by atoms with Gasteiger partial charge in [-0.3, -0.25) is 0 Å². The van der Waals surface area contributed by atoms with Crippen LogP contribution in [0.2, 0.25) is 0 Å². The van der Waals surface area contributed by atoms with Gasteiger partial charge in [-0.1, -0.05) is 6.08 Å². The zero-order valence-corrected chi connectivity index (χ0v) is 7.24. The lowest BCUT2D eigenvalue weighted by molar-refractivity contribution is -0.276. The molecular weight excluding hydrogens is 156 g/mol. The van der Waals surface area contributed by atoms with Crippen LogP contribution in [0, 0.1) is 5.92 Å². The van der Waals surface area contributed by atoms with E-state index in [-0.39, 0.29) is 12.7 Å². The molecule has 0 bridgehead atoms. The molecule has 0 aromatic rings. The maximum Gasteiger partial charge on any atom is 0.0958 e. The molecule has 1 fully saturated rings. The number of allylic oxidation sites excluding steroid dienone is 1. The molecule has 0 aromatic heterocycles. The Hall–Kier alpha value is -0.380. The van der Waals surface area contributed by atoms with Crippen molar-refractivity contribution in [2.45, 2.75) is 25.4 Å². The largest absolute Gasteiger partial charge is 0.396 e. The summed E-state index contributed by atoms with van der Waals surface area (Å²) < 4.78 is 0. The van der Waals surface area contributed by atoms with Crippen molar-refractivity contribution in [3.05, 3.63) is 12.7 Å². The average Bonchev–Trinajstić information content (AvgIpc) is 2.56. The van der Waals surface area contributed by atoms with Crippen LogP contribution in [-0.2, 0) is 9.78 Å². The summed E-state index contributed by atoms with van der Waals surface area (Å²) in [6.45, 7) is 4.61. The number of rotatable bonds is 5. The minimum absolute atomic E-state index is 0.194. The van der Waals surface area contributed by atoms with Crippen molar-refractivity contribution in [3.63, 3.8) is 0 Å². The van der Waals surface area contributed by atoms with Gasteiger partial charge in [-0.2, -0.15) is 0 Å². The van der Waals surface area contributed by atoms with Crippen molar-refractivity contribution in [3.8, 4) is 0 Å². The van der Waals surface area contributed by atoms with Crippen molar-refractivity contribution < 1.29 is 14.9 Å². The van der Waals surface area contributed by atoms with Gasteiger partial charge in [0.05, 0.1) is 12.7 Å². The highest BCUT2D eigenvalue weighted by Gasteiger charge is 2.20. The Labute approximate surface area is 72.9 Å². The smallest absolute Gasteiger partial charge is 0.0958 e. The second-order valence-corrected chi connectivity index (χ2v) is 3.07. The second kappa shape index (κ2) is 5.30. The van der Waals surface area contributed by atoms with Gasteiger partial charge < -0.3 is 5.11 Å². The molecule has 2 atom stereocenters. The summed E-state index contributed by atoms with van der Waals surface area (Å²) in [4.78, 5) is 9.79. The third-order valence-corrected chi connectivity index (χ3v) is 2.13. The molecule has 1 saturated heterocycles. The van der Waals surface area contributed by atoms with Crippen molar-refractivity contribution >= 4 is 0 Å². The molecule has 1 aliphatic rings. The average molecular weight is 172 g/mol. The summed E-state index contributed by atoms with van der Waals surface area (Å²) in [5.74, 6) is 0.349. The van der Waals surface area contributed by atoms with E-state index in [1.54, 1.807) is 0 Å². The minimum atomic E-state index is 0.194. The molecular formula is C9H16O3. The molecule has 1 heterocycles. The first kappa shape index (κ1) is 9.71. The van der Waals surface area contributed by atoms with Crippen molar-refractivity contribution in [2.24, 2.45) is 5.92 Å². The summed E-state index contributed by atoms with van der Waals surface area (Å²) >= 11 is 0. The van der Waals surface area contributed by atoms with Crippen LogP contribution < -0.4 is 0 Å². The summed E-state index contributed by atoms with van der Waals surface area (Å²) in [7, 11) is 0. The Balaban J connectivity index is 2.20. The third kappa shape index (κ3) is 2.93. The van der Waals surface area contributed by atoms with Gasteiger partial charge in [-0.05, 0) is 18.8 Å². The molecule has 1 rings (SSSR count). The first-order chi connectivity index (χ1) is 5.86. The molecule has 2 unspecified atom stereocenters. The van der Waals surface area contributed by atoms with Crippen LogP contribution in [0.1, 0.15) is 19.3 Å². The normalized spacial score (nSPS) is 25.6. The first-order valence-electron chi connectivity index (χ1n) is 4.38. The lowest BCUT2D eigenvalue weighted by Crippen LogP contribution is -2.12. The van der Waals surface area contributed by atoms with Crippen molar-refractivity contribution in [1.82, 2.24) is 0 Å². The van der Waals surface area contributed by atoms with E-state index in [0.29, 0.717) is 12.5 Å². The molecule has 1 aliphatic heterocycles. The summed E-state index contributed by atoms with van der Waals surface area (Å²) in [5, 5.41) is 8.72. The van der Waals surface area contributed by atoms with E-state index in [1.807, 2.05) is 6.08 Å². The zero-order valence-electron chi connectivity index (χ0n) is 7.24. The molecule has 3 nitrogen and oxygen atoms in total. The molecule has 0 aromatic carbocycles. The topological polar surface area (TPSA) is 38.7 Å². The predicted molar refractivity (Wildman–Crippen MR) is 45.4 cm³/mol. The highest BCUT2D eigenvalue weighted by molar-refractivity contribution is 4.81. The Bertz CT molecular complexity index is 130. The Morgan fingerprint density at radius 1 is 1.67 bits per heavy atom. The van der Waals surface area contributed by atoms with Gasteiger partial charge in [-0.15, -0.1) is 6.58 Å². The quantitative estimate of drug-likeness (QED) is 0.501. The molecule has 0 spiro atoms. The maximum atomic E-state index is 8.72. The van der Waals surface area contributed by atoms with E-state index >= 15 is 0 Å². The minimum Gasteiger partial charge on any atom is -0.396 e. The fourth-order valence-electron chi connectivity index (χ4n) is 1.36. The molecule has 70 valence electrons. The first-order valence-corrected chi connectivity index (χ1v) is 4.38. The van der Waals surface area contributed by atoms with Crippen LogP contribution in [0.5, 0.6) is 0 Å². The van der Waals surface area contributed by atoms with Crippen molar-refractivity contribution in [1.29, 1.82) is 0 Å². The summed E-state index contributed by atoms with van der Waals surface area (Å²) in [6.07, 6.45) is 4.70. The van der Waals surface area contributed by atoms with Crippen LogP contribution in [0.4, 0.5) is 0 Å². The monoisotopic (exact) mass is 172 g/mol. The van der Waals surface area contributed by atoms with E-state index < -0.39 is 0 Å². The summed E-state index contributed by atoms with van der Waals surface area (Å²) in [6, 6.07) is 0. The van der Waals surface area contributed by atoms with E-state index in [9.17, 15) is 0 Å². The highest BCUT2D eigenvalue weighted by atomic mass is 17.2. The second-order valence-electron chi connectivity index (χ2n) is 3.07. The number of hydrogen-bond donors (Lipinski definition) is 1. The lowest BCUT2D eigenvalue weighted by Gasteiger charge is -2.13. The van der Waals surface area contributed by atoms with Gasteiger partial charge in [0.2, 0.25) is 0 Å². The van der Waals surface area contributed by atoms with Gasteiger partial charge in [0.15, 0.2) is 0 Å². The molecule has 0 aliphatic carbocycles. The summed E-state index contributed by atoms with van der Waals surface area (Å²) in [5.41, 5.74) is 0. The van der Waals surface area contributed by atoms with Gasteiger partial charge in [0.25, 0.3) is 0 Å². The van der Waals surface area contributed by atoms with Gasteiger partial charge >= 0.3 is 0 Å². The zero-order chi connectivity index (χ0) is 8.81. The predicted octanol–water partition coefficient (Wildman–Crippen LogP) is 1.28. The molecule has 3 heteroatoms. The molecule has 12 heavy (non-hydrogen) atoms. The van der Waals surface area contributed by atoms with Crippen LogP contribution in [0.25, 0.3) is 0 Å². The molecule has 0 saturated carbocycles. The third-order valence-electron chi connectivity index (χ3n) is 2.13. The van der Waals surface area contributed by atoms with E-state index in [0.717, 1.165) is 19.3 Å². The number of aliphatic hydroxyl groups excluding tert-OH is 1. The van der Waals surface area contributed by atoms with E-state index in [4.69, 9.17) is 14.9 Å². The SMILES string of the molecule is C=CC(CCO)CC1CCOO1. The fraction of sp³-hybridized carbons (Fsp3) is 0.778. The lowest BCUT2D eigenvalue weighted by atomic mass is 9.97. The van der Waals surface area contributed by atoms with Crippen molar-refractivity contribution in [2.75, 3.05) is 13.2 Å². The van der Waals surface area contributed by atoms with E-state index in [1.165, 1.54) is 0 Å². The Morgan fingerprint density at radius 3 is 3.00 bits per heavy atom. The molecule has 1 N–H and O–H groups in total. The molecule has 0 amide bonds. The number of hydrogen-bond acceptors (Lipinski definition) is 3. The van der Waals surface area contributed by atoms with Crippen LogP contribution in [0.3, 0.4) is 0 Å². The van der Waals surface area contributed by atoms with Crippen LogP contribution >= 0.6 is 0 Å². The van der Waals surface area contributed by atoms with Crippen LogP contribution in [-0.4, -0.2) is 24.4 Å². The molecule has 0 radical (unpaired) electrons. The van der Waals surface area contributed by atoms with Gasteiger partial charge in [-0.25, -0.2) is 9.78 Å². The van der Waals surface area contributed by atoms with Gasteiger partial charge in [0, 0.05) is 13.0 Å². The van der Waals surface area contributed by atoms with Crippen LogP contribution in [0.15, 0.2) is 12.7 Å². The highest BCUT2D eigenvalue weighted by Crippen LogP contribution is 2.20.